The second kappa shape index (κ2) is 19.3. The molecule has 0 saturated heterocycles. The fraction of sp³-hybridized carbons (Fsp3) is 0.938. The van der Waals surface area contributed by atoms with E-state index in [2.05, 4.69) is 11.7 Å². The zero-order valence-electron chi connectivity index (χ0n) is 13.6. The molecule has 20 heavy (non-hydrogen) atoms. The van der Waals surface area contributed by atoms with Gasteiger partial charge in [0.1, 0.15) is 0 Å². The smallest absolute Gasteiger partial charge is 0.550 e. The molecule has 0 aromatic rings. The Labute approximate surface area is 147 Å². The number of hydrogen-bond acceptors (Lipinski definition) is 3. The van der Waals surface area contributed by atoms with Crippen LogP contribution in [0.25, 0.3) is 0 Å². The summed E-state index contributed by atoms with van der Waals surface area (Å²) in [5.41, 5.74) is 0. The summed E-state index contributed by atoms with van der Waals surface area (Å²) in [6, 6.07) is 0. The third-order valence-electron chi connectivity index (χ3n) is 3.47. The van der Waals surface area contributed by atoms with Crippen LogP contribution in [0.3, 0.4) is 0 Å². The fourth-order valence-corrected chi connectivity index (χ4v) is 2.28. The number of ether oxygens (including phenoxy) is 1. The molecule has 0 aromatic heterocycles. The third kappa shape index (κ3) is 20.6. The Morgan fingerprint density at radius 3 is 1.45 bits per heavy atom. The quantitative estimate of drug-likeness (QED) is 0.277. The molecule has 0 aliphatic carbocycles. The number of hydrogen-bond donors (Lipinski definition) is 0. The largest absolute Gasteiger partial charge is 1.00 e. The Morgan fingerprint density at radius 2 is 1.10 bits per heavy atom. The molecule has 114 valence electrons. The van der Waals surface area contributed by atoms with Crippen LogP contribution in [0.4, 0.5) is 4.79 Å². The van der Waals surface area contributed by atoms with Gasteiger partial charge in [-0.05, 0) is 6.42 Å². The van der Waals surface area contributed by atoms with Crippen LogP contribution in [0, 0.1) is 0 Å². The van der Waals surface area contributed by atoms with Gasteiger partial charge in [0.05, 0.1) is 0 Å². The Hall–Kier alpha value is 0.270. The Kier molecular flexibility index (Phi) is 21.7. The van der Waals surface area contributed by atoms with E-state index >= 15 is 0 Å². The van der Waals surface area contributed by atoms with Crippen LogP contribution < -0.4 is 34.7 Å². The average molecular weight is 294 g/mol. The molecule has 0 atom stereocenters. The Morgan fingerprint density at radius 1 is 0.750 bits per heavy atom. The SMILES string of the molecule is CCCCCCCCCCCCCCCOC(=O)[O-].[Na+]. The summed E-state index contributed by atoms with van der Waals surface area (Å²) in [7, 11) is 0. The maximum absolute atomic E-state index is 9.98. The summed E-state index contributed by atoms with van der Waals surface area (Å²) in [5.74, 6) is 0. The molecular formula is C16H31NaO3. The first-order valence-electron chi connectivity index (χ1n) is 8.11. The molecule has 0 aliphatic rings. The molecule has 4 heteroatoms. The molecule has 0 fully saturated rings. The second-order valence-electron chi connectivity index (χ2n) is 5.34. The van der Waals surface area contributed by atoms with Crippen molar-refractivity contribution in [3.63, 3.8) is 0 Å². The molecule has 0 aromatic carbocycles. The van der Waals surface area contributed by atoms with Crippen LogP contribution in [-0.2, 0) is 4.74 Å². The summed E-state index contributed by atoms with van der Waals surface area (Å²) in [5, 5.41) is 9.98. The van der Waals surface area contributed by atoms with Crippen molar-refractivity contribution >= 4 is 6.16 Å². The molecule has 0 spiro atoms. The number of carboxylic acid groups (broad SMARTS) is 1. The van der Waals surface area contributed by atoms with Crippen molar-refractivity contribution in [2.45, 2.75) is 90.4 Å². The van der Waals surface area contributed by atoms with Gasteiger partial charge in [0.25, 0.3) is 6.16 Å². The second-order valence-corrected chi connectivity index (χ2v) is 5.34. The predicted molar refractivity (Wildman–Crippen MR) is 77.0 cm³/mol. The van der Waals surface area contributed by atoms with E-state index in [-0.39, 0.29) is 29.6 Å². The van der Waals surface area contributed by atoms with Gasteiger partial charge in [-0.2, -0.15) is 0 Å². The third-order valence-corrected chi connectivity index (χ3v) is 3.47. The minimum Gasteiger partial charge on any atom is -0.550 e. The van der Waals surface area contributed by atoms with Gasteiger partial charge in [0, 0.05) is 6.61 Å². The van der Waals surface area contributed by atoms with Crippen molar-refractivity contribution in [1.29, 1.82) is 0 Å². The van der Waals surface area contributed by atoms with Crippen LogP contribution >= 0.6 is 0 Å². The van der Waals surface area contributed by atoms with Crippen LogP contribution in [0.5, 0.6) is 0 Å². The van der Waals surface area contributed by atoms with Gasteiger partial charge < -0.3 is 14.6 Å². The molecular weight excluding hydrogens is 263 g/mol. The molecule has 0 N–H and O–H groups in total. The fourth-order valence-electron chi connectivity index (χ4n) is 2.28. The summed E-state index contributed by atoms with van der Waals surface area (Å²) in [6.45, 7) is 2.55. The standard InChI is InChI=1S/C16H32O3.Na/c1-2-3-4-5-6-7-8-9-10-11-12-13-14-15-19-16(17)18;/h2-15H2,1H3,(H,17,18);/q;+1/p-1. The van der Waals surface area contributed by atoms with E-state index in [0.717, 1.165) is 12.8 Å². The first-order chi connectivity index (χ1) is 9.27. The van der Waals surface area contributed by atoms with Crippen molar-refractivity contribution in [2.24, 2.45) is 0 Å². The predicted octanol–water partition coefficient (Wildman–Crippen LogP) is 1.44. The molecule has 0 heterocycles. The van der Waals surface area contributed by atoms with E-state index in [1.165, 1.54) is 70.6 Å². The van der Waals surface area contributed by atoms with Gasteiger partial charge >= 0.3 is 29.6 Å². The van der Waals surface area contributed by atoms with Crippen molar-refractivity contribution in [3.8, 4) is 0 Å². The zero-order valence-corrected chi connectivity index (χ0v) is 15.6. The van der Waals surface area contributed by atoms with Crippen LogP contribution in [-0.4, -0.2) is 12.8 Å². The summed E-state index contributed by atoms with van der Waals surface area (Å²) < 4.78 is 4.35. The molecule has 0 aliphatic heterocycles. The molecule has 0 radical (unpaired) electrons. The van der Waals surface area contributed by atoms with Crippen LogP contribution in [0.15, 0.2) is 0 Å². The number of unbranched alkanes of at least 4 members (excludes halogenated alkanes) is 12. The van der Waals surface area contributed by atoms with Crippen molar-refractivity contribution in [2.75, 3.05) is 6.61 Å². The Balaban J connectivity index is 0. The molecule has 0 saturated carbocycles. The van der Waals surface area contributed by atoms with Gasteiger partial charge in [0.15, 0.2) is 0 Å². The van der Waals surface area contributed by atoms with E-state index in [0.29, 0.717) is 6.61 Å². The van der Waals surface area contributed by atoms with Gasteiger partial charge in [-0.25, -0.2) is 0 Å². The van der Waals surface area contributed by atoms with E-state index in [4.69, 9.17) is 0 Å². The number of carbonyl (C=O) groups excluding carboxylic acids is 1. The van der Waals surface area contributed by atoms with E-state index < -0.39 is 6.16 Å². The van der Waals surface area contributed by atoms with Gasteiger partial charge in [-0.15, -0.1) is 0 Å². The normalized spacial score (nSPS) is 10.1. The Bertz CT molecular complexity index is 198. The molecule has 0 unspecified atom stereocenters. The minimum absolute atomic E-state index is 0. The van der Waals surface area contributed by atoms with Crippen molar-refractivity contribution in [3.05, 3.63) is 0 Å². The van der Waals surface area contributed by atoms with Crippen molar-refractivity contribution in [1.82, 2.24) is 0 Å². The van der Waals surface area contributed by atoms with Gasteiger partial charge in [-0.3, -0.25) is 0 Å². The summed E-state index contributed by atoms with van der Waals surface area (Å²) >= 11 is 0. The molecule has 0 rings (SSSR count). The minimum atomic E-state index is -1.40. The first kappa shape index (κ1) is 22.5. The zero-order chi connectivity index (χ0) is 14.2. The maximum Gasteiger partial charge on any atom is 1.00 e. The van der Waals surface area contributed by atoms with Crippen LogP contribution in [0.2, 0.25) is 0 Å². The van der Waals surface area contributed by atoms with E-state index in [9.17, 15) is 9.90 Å². The topological polar surface area (TPSA) is 49.4 Å². The van der Waals surface area contributed by atoms with E-state index in [1.54, 1.807) is 0 Å². The summed E-state index contributed by atoms with van der Waals surface area (Å²) in [4.78, 5) is 9.98. The van der Waals surface area contributed by atoms with E-state index in [1.807, 2.05) is 0 Å². The molecule has 0 bridgehead atoms. The van der Waals surface area contributed by atoms with Gasteiger partial charge in [-0.1, -0.05) is 84.0 Å². The van der Waals surface area contributed by atoms with Gasteiger partial charge in [0.2, 0.25) is 0 Å². The average Bonchev–Trinajstić information content (AvgIpc) is 2.39. The monoisotopic (exact) mass is 294 g/mol. The summed E-state index contributed by atoms with van der Waals surface area (Å²) in [6.07, 6.45) is 15.3. The maximum atomic E-state index is 9.98. The number of carbonyl (C=O) groups is 1. The van der Waals surface area contributed by atoms with Crippen molar-refractivity contribution < 1.29 is 44.2 Å². The number of rotatable bonds is 14. The van der Waals surface area contributed by atoms with Crippen LogP contribution in [0.1, 0.15) is 90.4 Å². The molecule has 3 nitrogen and oxygen atoms in total. The first-order valence-corrected chi connectivity index (χ1v) is 8.11. The molecule has 0 amide bonds.